The summed E-state index contributed by atoms with van der Waals surface area (Å²) in [5, 5.41) is 13.9. The monoisotopic (exact) mass is 360 g/mol. The van der Waals surface area contributed by atoms with Gasteiger partial charge in [-0.3, -0.25) is 9.59 Å². The smallest absolute Gasteiger partial charge is 0.450 e. The van der Waals surface area contributed by atoms with Gasteiger partial charge in [-0.1, -0.05) is 0 Å². The molecular formula is C18H16O8. The summed E-state index contributed by atoms with van der Waals surface area (Å²) in [5.41, 5.74) is 1.06. The van der Waals surface area contributed by atoms with E-state index >= 15 is 0 Å². The molecule has 0 heterocycles. The van der Waals surface area contributed by atoms with Gasteiger partial charge in [0, 0.05) is 11.1 Å². The lowest BCUT2D eigenvalue weighted by Crippen LogP contribution is -2.13. The van der Waals surface area contributed by atoms with Gasteiger partial charge in [0.05, 0.1) is 0 Å². The molecule has 0 aliphatic heterocycles. The van der Waals surface area contributed by atoms with Crippen LogP contribution < -0.4 is 9.47 Å². The van der Waals surface area contributed by atoms with Gasteiger partial charge in [-0.15, -0.1) is 0 Å². The summed E-state index contributed by atoms with van der Waals surface area (Å²) in [6.45, 7) is 2.91. The summed E-state index contributed by atoms with van der Waals surface area (Å²) in [7, 11) is 0. The molecule has 0 saturated carbocycles. The van der Waals surface area contributed by atoms with E-state index in [2.05, 4.69) is 0 Å². The van der Waals surface area contributed by atoms with Crippen molar-refractivity contribution >= 4 is 23.9 Å². The van der Waals surface area contributed by atoms with Crippen molar-refractivity contribution in [3.05, 3.63) is 59.7 Å². The van der Waals surface area contributed by atoms with Crippen molar-refractivity contribution in [2.75, 3.05) is 0 Å². The summed E-state index contributed by atoms with van der Waals surface area (Å²) in [5.74, 6) is 0.407. The molecule has 0 aliphatic rings. The van der Waals surface area contributed by atoms with E-state index in [4.69, 9.17) is 24.5 Å². The first-order valence-electron chi connectivity index (χ1n) is 7.22. The predicted molar refractivity (Wildman–Crippen MR) is 90.2 cm³/mol. The Labute approximate surface area is 148 Å². The minimum atomic E-state index is -1.83. The van der Waals surface area contributed by atoms with Crippen molar-refractivity contribution in [2.24, 2.45) is 0 Å². The summed E-state index contributed by atoms with van der Waals surface area (Å²) in [6.07, 6.45) is -2.73. The molecule has 26 heavy (non-hydrogen) atoms. The zero-order valence-electron chi connectivity index (χ0n) is 14.0. The summed E-state index contributed by atoms with van der Waals surface area (Å²) < 4.78 is 9.98. The lowest BCUT2D eigenvalue weighted by Gasteiger charge is -2.06. The van der Waals surface area contributed by atoms with Crippen molar-refractivity contribution < 1.29 is 38.9 Å². The van der Waals surface area contributed by atoms with Crippen LogP contribution in [0.5, 0.6) is 11.5 Å². The molecule has 2 aromatic carbocycles. The zero-order valence-corrected chi connectivity index (χ0v) is 14.0. The van der Waals surface area contributed by atoms with E-state index in [1.807, 2.05) is 0 Å². The lowest BCUT2D eigenvalue weighted by molar-refractivity contribution is 0.100. The second-order valence-corrected chi connectivity index (χ2v) is 4.90. The topological polar surface area (TPSA) is 127 Å². The second-order valence-electron chi connectivity index (χ2n) is 4.90. The molecule has 2 rings (SSSR count). The molecule has 0 spiro atoms. The Morgan fingerprint density at radius 3 is 1.15 bits per heavy atom. The van der Waals surface area contributed by atoms with E-state index < -0.39 is 12.3 Å². The van der Waals surface area contributed by atoms with E-state index in [0.717, 1.165) is 0 Å². The van der Waals surface area contributed by atoms with Crippen molar-refractivity contribution in [3.8, 4) is 11.5 Å². The second kappa shape index (κ2) is 9.58. The van der Waals surface area contributed by atoms with E-state index in [-0.39, 0.29) is 23.1 Å². The van der Waals surface area contributed by atoms with Gasteiger partial charge in [-0.25, -0.2) is 9.59 Å². The third-order valence-electron chi connectivity index (χ3n) is 2.92. The fourth-order valence-electron chi connectivity index (χ4n) is 1.73. The number of carboxylic acid groups (broad SMARTS) is 2. The Balaban J connectivity index is 0.000000765. The highest BCUT2D eigenvalue weighted by atomic mass is 16.7. The first-order chi connectivity index (χ1) is 12.2. The molecule has 136 valence electrons. The molecule has 0 aliphatic carbocycles. The van der Waals surface area contributed by atoms with Crippen LogP contribution in [0.2, 0.25) is 0 Å². The number of benzene rings is 2. The minimum absolute atomic E-state index is 0.0697. The van der Waals surface area contributed by atoms with Crippen molar-refractivity contribution in [1.82, 2.24) is 0 Å². The largest absolute Gasteiger partial charge is 0.519 e. The van der Waals surface area contributed by atoms with Gasteiger partial charge in [0.25, 0.3) is 0 Å². The van der Waals surface area contributed by atoms with E-state index in [1.54, 1.807) is 24.3 Å². The van der Waals surface area contributed by atoms with Crippen LogP contribution in [0.3, 0.4) is 0 Å². The molecule has 0 unspecified atom stereocenters. The first kappa shape index (κ1) is 20.4. The Morgan fingerprint density at radius 1 is 0.654 bits per heavy atom. The Hall–Kier alpha value is -3.68. The maximum absolute atomic E-state index is 11.6. The highest BCUT2D eigenvalue weighted by molar-refractivity contribution is 5.94. The number of hydrogen-bond donors (Lipinski definition) is 2. The molecule has 0 bridgehead atoms. The first-order valence-corrected chi connectivity index (χ1v) is 7.22. The number of ether oxygens (including phenoxy) is 2. The van der Waals surface area contributed by atoms with Crippen LogP contribution in [0, 0.1) is 0 Å². The molecular weight excluding hydrogens is 344 g/mol. The van der Waals surface area contributed by atoms with Gasteiger partial charge in [0.2, 0.25) is 0 Å². The number of Topliss-reactive ketones (excluding diaryl/α,β-unsaturated/α-hetero) is 2. The summed E-state index contributed by atoms with van der Waals surface area (Å²) in [4.78, 5) is 42.5. The highest BCUT2D eigenvalue weighted by Gasteiger charge is 2.09. The molecule has 0 aromatic heterocycles. The van der Waals surface area contributed by atoms with Crippen LogP contribution in [0.1, 0.15) is 34.6 Å². The quantitative estimate of drug-likeness (QED) is 0.477. The number of carbonyl (C=O) groups excluding carboxylic acids is 3. The van der Waals surface area contributed by atoms with Gasteiger partial charge in [0.1, 0.15) is 11.5 Å². The molecule has 2 N–H and O–H groups in total. The fraction of sp³-hybridized carbons (Fsp3) is 0.111. The van der Waals surface area contributed by atoms with Crippen LogP contribution in [-0.2, 0) is 0 Å². The van der Waals surface area contributed by atoms with Crippen molar-refractivity contribution in [3.63, 3.8) is 0 Å². The van der Waals surface area contributed by atoms with Gasteiger partial charge in [-0.2, -0.15) is 0 Å². The summed E-state index contributed by atoms with van der Waals surface area (Å²) >= 11 is 0. The van der Waals surface area contributed by atoms with E-state index in [1.165, 1.54) is 38.1 Å². The Bertz CT molecular complexity index is 725. The highest BCUT2D eigenvalue weighted by Crippen LogP contribution is 2.16. The van der Waals surface area contributed by atoms with Crippen LogP contribution in [0.25, 0.3) is 0 Å². The minimum Gasteiger partial charge on any atom is -0.450 e. The van der Waals surface area contributed by atoms with Crippen LogP contribution in [0.15, 0.2) is 48.5 Å². The maximum atomic E-state index is 11.6. The van der Waals surface area contributed by atoms with Crippen molar-refractivity contribution in [1.29, 1.82) is 0 Å². The molecule has 8 nitrogen and oxygen atoms in total. The van der Waals surface area contributed by atoms with Crippen LogP contribution >= 0.6 is 0 Å². The Morgan fingerprint density at radius 2 is 0.923 bits per heavy atom. The number of rotatable bonds is 4. The number of hydrogen-bond acceptors (Lipinski definition) is 6. The van der Waals surface area contributed by atoms with E-state index in [9.17, 15) is 14.4 Å². The lowest BCUT2D eigenvalue weighted by atomic mass is 10.1. The Kier molecular flexibility index (Phi) is 7.50. The fourth-order valence-corrected chi connectivity index (χ4v) is 1.73. The molecule has 0 radical (unpaired) electrons. The average Bonchev–Trinajstić information content (AvgIpc) is 2.55. The van der Waals surface area contributed by atoms with Gasteiger partial charge >= 0.3 is 12.3 Å². The standard InChI is InChI=1S/C17H14O5.CH2O3/c1-11(18)13-3-7-15(8-4-13)21-17(20)22-16-9-5-14(6-10-16)12(2)19;2-1(3)4/h3-10H,1-2H3;(H2,2,3,4). The molecule has 0 atom stereocenters. The number of ketones is 2. The van der Waals surface area contributed by atoms with Crippen LogP contribution in [-0.4, -0.2) is 34.1 Å². The predicted octanol–water partition coefficient (Wildman–Crippen LogP) is 3.89. The van der Waals surface area contributed by atoms with Gasteiger partial charge < -0.3 is 19.7 Å². The normalized spacial score (nSPS) is 9.31. The molecule has 8 heteroatoms. The molecule has 0 saturated heterocycles. The zero-order chi connectivity index (χ0) is 19.7. The maximum Gasteiger partial charge on any atom is 0.519 e. The molecule has 0 fully saturated rings. The van der Waals surface area contributed by atoms with Crippen molar-refractivity contribution in [2.45, 2.75) is 13.8 Å². The van der Waals surface area contributed by atoms with Crippen LogP contribution in [0.4, 0.5) is 9.59 Å². The third-order valence-corrected chi connectivity index (χ3v) is 2.92. The SMILES string of the molecule is CC(=O)c1ccc(OC(=O)Oc2ccc(C(C)=O)cc2)cc1.O=C(O)O. The third kappa shape index (κ3) is 7.26. The number of carbonyl (C=O) groups is 4. The molecule has 2 aromatic rings. The van der Waals surface area contributed by atoms with Gasteiger partial charge in [0.15, 0.2) is 11.6 Å². The summed E-state index contributed by atoms with van der Waals surface area (Å²) in [6, 6.07) is 12.3. The van der Waals surface area contributed by atoms with E-state index in [0.29, 0.717) is 11.1 Å². The molecule has 0 amide bonds. The van der Waals surface area contributed by atoms with Gasteiger partial charge in [-0.05, 0) is 62.4 Å². The average molecular weight is 360 g/mol.